The topological polar surface area (TPSA) is 157 Å². The minimum absolute atomic E-state index is 0. The van der Waals surface area contributed by atoms with Gasteiger partial charge >= 0.3 is 14.5 Å². The average molecular weight is 787 g/mol. The van der Waals surface area contributed by atoms with Gasteiger partial charge in [0.25, 0.3) is 0 Å². The van der Waals surface area contributed by atoms with Crippen molar-refractivity contribution in [2.45, 2.75) is 58.5 Å². The minimum atomic E-state index is -6.00. The molecule has 0 radical (unpaired) electrons. The normalized spacial score (nSPS) is 15.7. The van der Waals surface area contributed by atoms with E-state index in [4.69, 9.17) is 22.0 Å². The summed E-state index contributed by atoms with van der Waals surface area (Å²) in [6.45, 7) is 4.18. The van der Waals surface area contributed by atoms with Gasteiger partial charge in [0.2, 0.25) is 0 Å². The zero-order chi connectivity index (χ0) is 31.7. The second-order valence-electron chi connectivity index (χ2n) is 7.12. The van der Waals surface area contributed by atoms with Crippen LogP contribution >= 0.6 is 0 Å². The third-order valence-electron chi connectivity index (χ3n) is 3.58. The summed E-state index contributed by atoms with van der Waals surface area (Å²) in [6.07, 6.45) is 6.97. The number of benzene rings is 1. The van der Waals surface area contributed by atoms with Crippen LogP contribution in [-0.4, -0.2) is 42.6 Å². The molecule has 1 aliphatic carbocycles. The molecule has 242 valence electrons. The van der Waals surface area contributed by atoms with Crippen LogP contribution in [0.3, 0.4) is 0 Å². The first-order valence-electron chi connectivity index (χ1n) is 11.0. The molecule has 1 saturated carbocycles. The van der Waals surface area contributed by atoms with Crippen molar-refractivity contribution < 1.29 is 90.4 Å². The summed E-state index contributed by atoms with van der Waals surface area (Å²) >= 11 is 0. The number of nitrogens with two attached hydrogens (primary N) is 2. The van der Waals surface area contributed by atoms with Crippen molar-refractivity contribution in [1.29, 1.82) is 10.5 Å². The number of allylic oxidation sites excluding steroid dienone is 2. The van der Waals surface area contributed by atoms with Gasteiger partial charge in [-0.15, -0.1) is 0 Å². The Kier molecular flexibility index (Phi) is 38.6. The molecule has 41 heavy (non-hydrogen) atoms. The fourth-order valence-electron chi connectivity index (χ4n) is 2.27. The number of carbonyl (C=O) groups is 1. The fourth-order valence-corrected chi connectivity index (χ4v) is 2.27. The third kappa shape index (κ3) is 58.4. The van der Waals surface area contributed by atoms with E-state index in [2.05, 4.69) is 0 Å². The van der Waals surface area contributed by atoms with E-state index < -0.39 is 14.5 Å². The van der Waals surface area contributed by atoms with Crippen molar-refractivity contribution in [2.24, 2.45) is 11.5 Å². The van der Waals surface area contributed by atoms with E-state index in [1.165, 1.54) is 33.6 Å². The molecule has 1 aromatic rings. The summed E-state index contributed by atoms with van der Waals surface area (Å²) in [5.41, 5.74) is 11.9. The monoisotopic (exact) mass is 786 g/mol. The number of aliphatic hydroxyl groups excluding tert-OH is 2. The number of nitrogens with zero attached hydrogens (tertiary/aromatic N) is 2. The van der Waals surface area contributed by atoms with Gasteiger partial charge in [0.05, 0.1) is 12.1 Å². The van der Waals surface area contributed by atoms with Crippen molar-refractivity contribution in [3.63, 3.8) is 0 Å². The largest absolute Gasteiger partial charge is 0.673 e. The van der Waals surface area contributed by atoms with E-state index in [-0.39, 0.29) is 70.2 Å². The molecule has 7 nitrogen and oxygen atoms in total. The van der Waals surface area contributed by atoms with Gasteiger partial charge in [-0.2, -0.15) is 10.5 Å². The molecule has 0 saturated heterocycles. The Hall–Kier alpha value is -2.24. The number of ketones is 1. The molecule has 0 spiro atoms. The van der Waals surface area contributed by atoms with Gasteiger partial charge in [-0.25, -0.2) is 0 Å². The molecule has 2 unspecified atom stereocenters. The van der Waals surface area contributed by atoms with Crippen LogP contribution in [0.4, 0.5) is 34.5 Å². The number of halogens is 8. The van der Waals surface area contributed by atoms with Gasteiger partial charge < -0.3 is 56.2 Å². The molecule has 2 atom stereocenters. The molecular weight excluding hydrogens is 755 g/mol. The Balaban J connectivity index is -0.000000100. The first-order chi connectivity index (χ1) is 17.7. The van der Waals surface area contributed by atoms with Crippen molar-refractivity contribution >= 4 is 26.1 Å². The maximum absolute atomic E-state index is 10.6. The number of aliphatic hydroxyl groups is 2. The van der Waals surface area contributed by atoms with E-state index in [0.29, 0.717) is 5.56 Å². The minimum Gasteiger partial charge on any atom is -0.508 e. The van der Waals surface area contributed by atoms with Crippen molar-refractivity contribution in [2.75, 3.05) is 0 Å². The Morgan fingerprint density at radius 2 is 1.12 bits per heavy atom. The smallest absolute Gasteiger partial charge is 0.508 e. The van der Waals surface area contributed by atoms with Crippen LogP contribution in [0.5, 0.6) is 0 Å². The third-order valence-corrected chi connectivity index (χ3v) is 3.58. The molecule has 19 heteroatoms. The van der Waals surface area contributed by atoms with Gasteiger partial charge in [-0.1, -0.05) is 43.2 Å². The first-order valence-corrected chi connectivity index (χ1v) is 11.0. The van der Waals surface area contributed by atoms with Gasteiger partial charge in [0.15, 0.2) is 5.78 Å². The van der Waals surface area contributed by atoms with Gasteiger partial charge in [0.1, 0.15) is 11.5 Å². The molecule has 1 aliphatic rings. The molecule has 0 heterocycles. The molecule has 1 fully saturated rings. The quantitative estimate of drug-likeness (QED) is 0.0898. The molecule has 0 aromatic heterocycles. The Bertz CT molecular complexity index is 883. The SMILES string of the molecule is CC#N.CC#N.CC(=O)/C=C(O)/C=C(\O)c1ccccc1.F[B-](F)(F)F.F[B-](F)(F)F.NC1CCCCC1N.[Pd].[Pd]. The predicted octanol–water partition coefficient (Wildman–Crippen LogP) is 6.49. The second kappa shape index (κ2) is 30.7. The summed E-state index contributed by atoms with van der Waals surface area (Å²) in [5, 5.41) is 33.4. The maximum Gasteiger partial charge on any atom is 0.673 e. The molecule has 0 amide bonds. The molecule has 6 N–H and O–H groups in total. The number of carbonyl (C=O) groups excluding carboxylic acids is 1. The van der Waals surface area contributed by atoms with E-state index in [0.717, 1.165) is 25.0 Å². The van der Waals surface area contributed by atoms with Crippen LogP contribution in [0.1, 0.15) is 52.0 Å². The summed E-state index contributed by atoms with van der Waals surface area (Å²) in [5.74, 6) is -0.612. The maximum atomic E-state index is 10.6. The zero-order valence-corrected chi connectivity index (χ0v) is 25.3. The average Bonchev–Trinajstić information content (AvgIpc) is 2.75. The summed E-state index contributed by atoms with van der Waals surface area (Å²) in [4.78, 5) is 10.6. The van der Waals surface area contributed by atoms with Crippen molar-refractivity contribution in [3.8, 4) is 12.1 Å². The van der Waals surface area contributed by atoms with Gasteiger partial charge in [-0.05, 0) is 19.8 Å². The van der Waals surface area contributed by atoms with Gasteiger partial charge in [0, 0.05) is 84.5 Å². The predicted molar refractivity (Wildman–Crippen MR) is 136 cm³/mol. The molecule has 1 aromatic carbocycles. The number of nitriles is 2. The molecular formula is C22H32B2F8N4O3Pd2-2. The number of hydrogen-bond acceptors (Lipinski definition) is 7. The zero-order valence-electron chi connectivity index (χ0n) is 22.2. The van der Waals surface area contributed by atoms with E-state index in [9.17, 15) is 49.5 Å². The van der Waals surface area contributed by atoms with E-state index in [1.807, 2.05) is 6.07 Å². The van der Waals surface area contributed by atoms with E-state index in [1.54, 1.807) is 36.4 Å². The van der Waals surface area contributed by atoms with Crippen LogP contribution in [0, 0.1) is 22.7 Å². The van der Waals surface area contributed by atoms with Crippen LogP contribution in [0.15, 0.2) is 48.2 Å². The summed E-state index contributed by atoms with van der Waals surface area (Å²) < 4.78 is 78.0. The first kappa shape index (κ1) is 51.5. The van der Waals surface area contributed by atoms with Crippen LogP contribution < -0.4 is 11.5 Å². The van der Waals surface area contributed by atoms with Crippen LogP contribution in [-0.2, 0) is 45.6 Å². The standard InChI is InChI=1S/C12H12O3.C6H14N2.2C2H3N.2BF4.2Pd/c1-9(13)7-11(14)8-12(15)10-5-3-2-4-6-10;7-5-3-1-2-4-6(5)8;2*1-2-3;2*2-1(3,4)5;;/h2-8,14-15H,1H3;5-6H,1-4,7-8H2;2*1H3;;;;/q;;;;2*-1;;/b11-7-,12-8-;;;;;;;. The molecule has 2 rings (SSSR count). The Labute approximate surface area is 262 Å². The second-order valence-corrected chi connectivity index (χ2v) is 7.12. The van der Waals surface area contributed by atoms with Crippen LogP contribution in [0.2, 0.25) is 0 Å². The van der Waals surface area contributed by atoms with Crippen LogP contribution in [0.25, 0.3) is 5.76 Å². The Morgan fingerprint density at radius 3 is 1.37 bits per heavy atom. The van der Waals surface area contributed by atoms with Crippen molar-refractivity contribution in [1.82, 2.24) is 0 Å². The number of rotatable bonds is 3. The summed E-state index contributed by atoms with van der Waals surface area (Å²) in [7, 11) is -12.0. The Morgan fingerprint density at radius 1 is 0.829 bits per heavy atom. The molecule has 0 aliphatic heterocycles. The van der Waals surface area contributed by atoms with Crippen molar-refractivity contribution in [3.05, 3.63) is 53.8 Å². The van der Waals surface area contributed by atoms with Gasteiger partial charge in [-0.3, -0.25) is 4.79 Å². The van der Waals surface area contributed by atoms with E-state index >= 15 is 0 Å². The number of hydrogen-bond donors (Lipinski definition) is 4. The fraction of sp³-hybridized carbons (Fsp3) is 0.409. The summed E-state index contributed by atoms with van der Waals surface area (Å²) in [6, 6.07) is 12.8. The molecule has 0 bridgehead atoms.